The first kappa shape index (κ1) is 14.0. The third-order valence-corrected chi connectivity index (χ3v) is 6.12. The Morgan fingerprint density at radius 1 is 1.24 bits per heavy atom. The number of carbonyl (C=O) groups excluding carboxylic acids is 1. The summed E-state index contributed by atoms with van der Waals surface area (Å²) >= 11 is 0. The first-order chi connectivity index (χ1) is 10.2. The van der Waals surface area contributed by atoms with Crippen molar-refractivity contribution < 1.29 is 14.6 Å². The largest absolute Gasteiger partial charge is 0.390 e. The van der Waals surface area contributed by atoms with Gasteiger partial charge in [-0.25, -0.2) is 0 Å². The van der Waals surface area contributed by atoms with Crippen LogP contribution in [-0.2, 0) is 9.53 Å². The van der Waals surface area contributed by atoms with Crippen LogP contribution in [0.2, 0.25) is 0 Å². The minimum absolute atomic E-state index is 0.197. The normalized spacial score (nSPS) is 42.6. The number of rotatable bonds is 5. The molecule has 1 saturated heterocycles. The summed E-state index contributed by atoms with van der Waals surface area (Å²) in [5.74, 6) is 3.48. The van der Waals surface area contributed by atoms with Crippen LogP contribution in [0.15, 0.2) is 0 Å². The van der Waals surface area contributed by atoms with Gasteiger partial charge in [0.1, 0.15) is 0 Å². The minimum Gasteiger partial charge on any atom is -0.390 e. The molecular weight excluding hydrogens is 268 g/mol. The molecule has 118 valence electrons. The van der Waals surface area contributed by atoms with Crippen LogP contribution in [0.25, 0.3) is 0 Å². The summed E-state index contributed by atoms with van der Waals surface area (Å²) in [6, 6.07) is 0. The molecule has 1 amide bonds. The quantitative estimate of drug-likeness (QED) is 0.754. The Balaban J connectivity index is 1.20. The smallest absolute Gasteiger partial charge is 0.223 e. The lowest BCUT2D eigenvalue weighted by molar-refractivity contribution is -0.123. The van der Waals surface area contributed by atoms with E-state index < -0.39 is 6.10 Å². The number of carbonyl (C=O) groups is 1. The van der Waals surface area contributed by atoms with E-state index in [4.69, 9.17) is 4.74 Å². The molecule has 0 aromatic rings. The maximum absolute atomic E-state index is 12.3. The summed E-state index contributed by atoms with van der Waals surface area (Å²) in [5.41, 5.74) is 0. The second-order valence-corrected chi connectivity index (χ2v) is 7.33. The molecule has 4 aliphatic rings. The van der Waals surface area contributed by atoms with Gasteiger partial charge in [-0.05, 0) is 42.9 Å². The molecule has 4 fully saturated rings. The van der Waals surface area contributed by atoms with E-state index in [1.807, 2.05) is 0 Å². The van der Waals surface area contributed by atoms with Gasteiger partial charge in [-0.15, -0.1) is 0 Å². The third-order valence-electron chi connectivity index (χ3n) is 6.12. The van der Waals surface area contributed by atoms with Gasteiger partial charge in [-0.3, -0.25) is 9.69 Å². The molecule has 1 aliphatic heterocycles. The monoisotopic (exact) mass is 294 g/mol. The van der Waals surface area contributed by atoms with E-state index in [1.54, 1.807) is 0 Å². The van der Waals surface area contributed by atoms with Crippen molar-refractivity contribution in [2.24, 2.45) is 29.6 Å². The number of amides is 1. The molecule has 3 aliphatic carbocycles. The maximum atomic E-state index is 12.3. The third kappa shape index (κ3) is 2.60. The van der Waals surface area contributed by atoms with Gasteiger partial charge >= 0.3 is 0 Å². The van der Waals surface area contributed by atoms with Crippen molar-refractivity contribution in [2.75, 3.05) is 39.4 Å². The number of nitrogens with zero attached hydrogens (tertiary/aromatic N) is 1. The summed E-state index contributed by atoms with van der Waals surface area (Å²) < 4.78 is 5.29. The Bertz CT molecular complexity index is 394. The number of aliphatic hydroxyl groups excluding tert-OH is 1. The molecule has 0 spiro atoms. The number of ether oxygens (including phenoxy) is 1. The molecule has 0 radical (unpaired) electrons. The Morgan fingerprint density at radius 3 is 2.57 bits per heavy atom. The summed E-state index contributed by atoms with van der Waals surface area (Å²) in [6.07, 6.45) is 3.59. The van der Waals surface area contributed by atoms with Gasteiger partial charge in [0.2, 0.25) is 5.91 Å². The Labute approximate surface area is 126 Å². The first-order valence-corrected chi connectivity index (χ1v) is 8.50. The highest BCUT2D eigenvalue weighted by Crippen LogP contribution is 2.69. The highest BCUT2D eigenvalue weighted by Gasteiger charge is 2.67. The molecule has 2 N–H and O–H groups in total. The molecule has 2 bridgehead atoms. The van der Waals surface area contributed by atoms with Crippen molar-refractivity contribution >= 4 is 5.91 Å². The van der Waals surface area contributed by atoms with Crippen LogP contribution >= 0.6 is 0 Å². The van der Waals surface area contributed by atoms with Gasteiger partial charge in [-0.1, -0.05) is 0 Å². The van der Waals surface area contributed by atoms with E-state index >= 15 is 0 Å². The Morgan fingerprint density at radius 2 is 1.90 bits per heavy atom. The summed E-state index contributed by atoms with van der Waals surface area (Å²) in [5, 5.41) is 13.1. The van der Waals surface area contributed by atoms with Crippen LogP contribution in [0.5, 0.6) is 0 Å². The zero-order valence-corrected chi connectivity index (χ0v) is 12.5. The number of morpholine rings is 1. The van der Waals surface area contributed by atoms with Crippen molar-refractivity contribution in [3.05, 3.63) is 0 Å². The van der Waals surface area contributed by atoms with Crippen LogP contribution in [0.4, 0.5) is 0 Å². The van der Waals surface area contributed by atoms with Gasteiger partial charge in [-0.2, -0.15) is 0 Å². The molecule has 1 heterocycles. The van der Waals surface area contributed by atoms with Crippen molar-refractivity contribution in [1.29, 1.82) is 0 Å². The van der Waals surface area contributed by atoms with Crippen molar-refractivity contribution in [1.82, 2.24) is 10.2 Å². The highest BCUT2D eigenvalue weighted by molar-refractivity contribution is 5.82. The van der Waals surface area contributed by atoms with Gasteiger partial charge < -0.3 is 15.2 Å². The van der Waals surface area contributed by atoms with Gasteiger partial charge in [0.15, 0.2) is 0 Å². The number of hydrogen-bond donors (Lipinski definition) is 2. The Kier molecular flexibility index (Phi) is 3.67. The van der Waals surface area contributed by atoms with Crippen molar-refractivity contribution in [2.45, 2.75) is 25.4 Å². The predicted octanol–water partition coefficient (Wildman–Crippen LogP) is 0.0878. The van der Waals surface area contributed by atoms with E-state index in [1.165, 1.54) is 19.3 Å². The molecule has 0 aromatic heterocycles. The fraction of sp³-hybridized carbons (Fsp3) is 0.938. The minimum atomic E-state index is -0.470. The summed E-state index contributed by atoms with van der Waals surface area (Å²) in [7, 11) is 0. The maximum Gasteiger partial charge on any atom is 0.223 e. The zero-order chi connectivity index (χ0) is 14.4. The first-order valence-electron chi connectivity index (χ1n) is 8.50. The van der Waals surface area contributed by atoms with Gasteiger partial charge in [0.05, 0.1) is 19.3 Å². The lowest BCUT2D eigenvalue weighted by Crippen LogP contribution is -2.45. The fourth-order valence-corrected chi connectivity index (χ4v) is 5.16. The SMILES string of the molecule is O=C(NCC(O)CN1CCOCC1)C1C2C3CCC(C3)C12. The van der Waals surface area contributed by atoms with E-state index in [-0.39, 0.29) is 11.8 Å². The number of aliphatic hydroxyl groups is 1. The van der Waals surface area contributed by atoms with Gasteiger partial charge in [0.25, 0.3) is 0 Å². The summed E-state index contributed by atoms with van der Waals surface area (Å²) in [6.45, 7) is 4.26. The molecule has 0 aromatic carbocycles. The molecule has 5 nitrogen and oxygen atoms in total. The summed E-state index contributed by atoms with van der Waals surface area (Å²) in [4.78, 5) is 14.5. The topological polar surface area (TPSA) is 61.8 Å². The predicted molar refractivity (Wildman–Crippen MR) is 77.6 cm³/mol. The molecule has 5 atom stereocenters. The second kappa shape index (κ2) is 5.52. The molecule has 3 saturated carbocycles. The molecular formula is C16H26N2O3. The highest BCUT2D eigenvalue weighted by atomic mass is 16.5. The van der Waals surface area contributed by atoms with Crippen LogP contribution < -0.4 is 5.32 Å². The van der Waals surface area contributed by atoms with E-state index in [0.29, 0.717) is 24.9 Å². The van der Waals surface area contributed by atoms with E-state index in [2.05, 4.69) is 10.2 Å². The molecule has 21 heavy (non-hydrogen) atoms. The average Bonchev–Trinajstić information content (AvgIpc) is 2.94. The van der Waals surface area contributed by atoms with Crippen LogP contribution in [-0.4, -0.2) is 61.4 Å². The van der Waals surface area contributed by atoms with Crippen LogP contribution in [0.1, 0.15) is 19.3 Å². The Hall–Kier alpha value is -0.650. The molecule has 4 rings (SSSR count). The number of hydrogen-bond acceptors (Lipinski definition) is 4. The van der Waals surface area contributed by atoms with Crippen LogP contribution in [0.3, 0.4) is 0 Å². The zero-order valence-electron chi connectivity index (χ0n) is 12.5. The molecule has 5 heteroatoms. The lowest BCUT2D eigenvalue weighted by atomic mass is 10.0. The van der Waals surface area contributed by atoms with E-state index in [0.717, 1.165) is 38.1 Å². The average molecular weight is 294 g/mol. The number of β-amino-alcohol motifs (C(OH)–C–C–N with tert-alkyl or cyclic N) is 1. The lowest BCUT2D eigenvalue weighted by Gasteiger charge is -2.28. The fourth-order valence-electron chi connectivity index (χ4n) is 5.16. The standard InChI is InChI=1S/C16H26N2O3/c19-12(9-18-3-5-21-6-4-18)8-17-16(20)15-13-10-1-2-11(7-10)14(13)15/h10-15,19H,1-9H2,(H,17,20). The second-order valence-electron chi connectivity index (χ2n) is 7.33. The number of nitrogens with one attached hydrogen (secondary N) is 1. The number of fused-ring (bicyclic) bond motifs is 5. The van der Waals surface area contributed by atoms with E-state index in [9.17, 15) is 9.90 Å². The van der Waals surface area contributed by atoms with Crippen molar-refractivity contribution in [3.8, 4) is 0 Å². The van der Waals surface area contributed by atoms with Crippen LogP contribution in [0, 0.1) is 29.6 Å². The van der Waals surface area contributed by atoms with Gasteiger partial charge in [0, 0.05) is 32.1 Å². The van der Waals surface area contributed by atoms with Crippen molar-refractivity contribution in [3.63, 3.8) is 0 Å². The molecule has 5 unspecified atom stereocenters.